The standard InChI is InChI=1S/C14H25N3S/c1-4-7-15-9-13-6-5-8-17(10-13)14-16-11(2)12(3)18-14/h13,15H,4-10H2,1-3H3. The molecule has 0 radical (unpaired) electrons. The molecule has 0 aromatic carbocycles. The third kappa shape index (κ3) is 3.45. The molecule has 1 fully saturated rings. The predicted octanol–water partition coefficient (Wildman–Crippen LogP) is 2.98. The van der Waals surface area contributed by atoms with Crippen LogP contribution in [-0.2, 0) is 0 Å². The first kappa shape index (κ1) is 13.8. The van der Waals surface area contributed by atoms with Crippen LogP contribution in [0.4, 0.5) is 5.13 Å². The molecule has 0 amide bonds. The van der Waals surface area contributed by atoms with Crippen LogP contribution in [0.2, 0.25) is 0 Å². The number of anilines is 1. The molecule has 1 aromatic heterocycles. The zero-order valence-electron chi connectivity index (χ0n) is 11.8. The summed E-state index contributed by atoms with van der Waals surface area (Å²) in [6, 6.07) is 0. The van der Waals surface area contributed by atoms with Gasteiger partial charge < -0.3 is 10.2 Å². The smallest absolute Gasteiger partial charge is 0.185 e. The Morgan fingerprint density at radius 1 is 1.44 bits per heavy atom. The molecule has 1 N–H and O–H groups in total. The number of rotatable bonds is 5. The van der Waals surface area contributed by atoms with Crippen molar-refractivity contribution in [3.63, 3.8) is 0 Å². The van der Waals surface area contributed by atoms with Crippen LogP contribution in [0.1, 0.15) is 36.8 Å². The van der Waals surface area contributed by atoms with Crippen molar-refractivity contribution in [1.82, 2.24) is 10.3 Å². The molecule has 0 spiro atoms. The first-order valence-electron chi connectivity index (χ1n) is 7.10. The number of aromatic nitrogens is 1. The molecule has 3 nitrogen and oxygen atoms in total. The van der Waals surface area contributed by atoms with Gasteiger partial charge >= 0.3 is 0 Å². The molecular formula is C14H25N3S. The lowest BCUT2D eigenvalue weighted by atomic mass is 9.98. The fourth-order valence-corrected chi connectivity index (χ4v) is 3.42. The summed E-state index contributed by atoms with van der Waals surface area (Å²) >= 11 is 1.85. The van der Waals surface area contributed by atoms with Crippen LogP contribution < -0.4 is 10.2 Å². The predicted molar refractivity (Wildman–Crippen MR) is 79.7 cm³/mol. The van der Waals surface area contributed by atoms with Gasteiger partial charge in [0.2, 0.25) is 0 Å². The van der Waals surface area contributed by atoms with Gasteiger partial charge in [0.25, 0.3) is 0 Å². The van der Waals surface area contributed by atoms with Crippen molar-refractivity contribution >= 4 is 16.5 Å². The molecule has 1 aliphatic rings. The minimum absolute atomic E-state index is 0.787. The molecule has 18 heavy (non-hydrogen) atoms. The second kappa shape index (κ2) is 6.53. The van der Waals surface area contributed by atoms with Crippen LogP contribution in [0.5, 0.6) is 0 Å². The van der Waals surface area contributed by atoms with Gasteiger partial charge in [-0.15, -0.1) is 11.3 Å². The van der Waals surface area contributed by atoms with E-state index in [2.05, 4.69) is 36.0 Å². The summed E-state index contributed by atoms with van der Waals surface area (Å²) in [5, 5.41) is 4.78. The fourth-order valence-electron chi connectivity index (χ4n) is 2.48. The van der Waals surface area contributed by atoms with Gasteiger partial charge in [0.1, 0.15) is 0 Å². The van der Waals surface area contributed by atoms with E-state index in [1.165, 1.54) is 48.1 Å². The van der Waals surface area contributed by atoms with Crippen molar-refractivity contribution in [2.24, 2.45) is 5.92 Å². The molecule has 1 aliphatic heterocycles. The van der Waals surface area contributed by atoms with Gasteiger partial charge in [-0.05, 0) is 52.1 Å². The molecule has 1 unspecified atom stereocenters. The van der Waals surface area contributed by atoms with E-state index in [0.29, 0.717) is 0 Å². The average molecular weight is 267 g/mol. The topological polar surface area (TPSA) is 28.2 Å². The normalized spacial score (nSPS) is 20.4. The summed E-state index contributed by atoms with van der Waals surface area (Å²) in [4.78, 5) is 8.53. The first-order valence-corrected chi connectivity index (χ1v) is 7.92. The number of piperidine rings is 1. The molecule has 1 aromatic rings. The van der Waals surface area contributed by atoms with Crippen LogP contribution in [0.25, 0.3) is 0 Å². The highest BCUT2D eigenvalue weighted by Gasteiger charge is 2.22. The van der Waals surface area contributed by atoms with Crippen LogP contribution in [0, 0.1) is 19.8 Å². The number of thiazole rings is 1. The van der Waals surface area contributed by atoms with Gasteiger partial charge in [0, 0.05) is 18.0 Å². The Labute approximate surface area is 115 Å². The lowest BCUT2D eigenvalue weighted by molar-refractivity contribution is 0.392. The van der Waals surface area contributed by atoms with E-state index in [1.807, 2.05) is 11.3 Å². The molecular weight excluding hydrogens is 242 g/mol. The van der Waals surface area contributed by atoms with Crippen molar-refractivity contribution in [3.8, 4) is 0 Å². The van der Waals surface area contributed by atoms with Crippen LogP contribution in [0.3, 0.4) is 0 Å². The number of hydrogen-bond acceptors (Lipinski definition) is 4. The molecule has 0 saturated carbocycles. The lowest BCUT2D eigenvalue weighted by Gasteiger charge is -2.32. The van der Waals surface area contributed by atoms with Gasteiger partial charge in [-0.2, -0.15) is 0 Å². The maximum absolute atomic E-state index is 4.69. The maximum atomic E-state index is 4.69. The summed E-state index contributed by atoms with van der Waals surface area (Å²) in [6.07, 6.45) is 3.88. The van der Waals surface area contributed by atoms with E-state index >= 15 is 0 Å². The van der Waals surface area contributed by atoms with Gasteiger partial charge in [-0.25, -0.2) is 4.98 Å². The van der Waals surface area contributed by atoms with Crippen molar-refractivity contribution in [1.29, 1.82) is 0 Å². The van der Waals surface area contributed by atoms with Crippen molar-refractivity contribution in [3.05, 3.63) is 10.6 Å². The lowest BCUT2D eigenvalue weighted by Crippen LogP contribution is -2.39. The SMILES string of the molecule is CCCNCC1CCCN(c2nc(C)c(C)s2)C1. The van der Waals surface area contributed by atoms with Crippen molar-refractivity contribution in [2.75, 3.05) is 31.1 Å². The number of nitrogens with one attached hydrogen (secondary N) is 1. The Balaban J connectivity index is 1.90. The Morgan fingerprint density at radius 3 is 2.94 bits per heavy atom. The van der Waals surface area contributed by atoms with E-state index in [-0.39, 0.29) is 0 Å². The summed E-state index contributed by atoms with van der Waals surface area (Å²) in [6.45, 7) is 11.2. The number of hydrogen-bond donors (Lipinski definition) is 1. The summed E-state index contributed by atoms with van der Waals surface area (Å²) in [5.74, 6) is 0.787. The number of nitrogens with zero attached hydrogens (tertiary/aromatic N) is 2. The summed E-state index contributed by atoms with van der Waals surface area (Å²) < 4.78 is 0. The Kier molecular flexibility index (Phi) is 5.01. The Hall–Kier alpha value is -0.610. The van der Waals surface area contributed by atoms with E-state index in [0.717, 1.165) is 19.0 Å². The van der Waals surface area contributed by atoms with Crippen molar-refractivity contribution in [2.45, 2.75) is 40.0 Å². The highest BCUT2D eigenvalue weighted by molar-refractivity contribution is 7.15. The Bertz CT molecular complexity index is 356. The van der Waals surface area contributed by atoms with E-state index < -0.39 is 0 Å². The number of aryl methyl sites for hydroxylation is 2. The van der Waals surface area contributed by atoms with E-state index in [1.54, 1.807) is 0 Å². The molecule has 2 rings (SSSR count). The average Bonchev–Trinajstić information content (AvgIpc) is 2.71. The zero-order chi connectivity index (χ0) is 13.0. The molecule has 0 bridgehead atoms. The fraction of sp³-hybridized carbons (Fsp3) is 0.786. The molecule has 4 heteroatoms. The zero-order valence-corrected chi connectivity index (χ0v) is 12.6. The summed E-state index contributed by atoms with van der Waals surface area (Å²) in [7, 11) is 0. The van der Waals surface area contributed by atoms with Crippen LogP contribution in [0.15, 0.2) is 0 Å². The van der Waals surface area contributed by atoms with Crippen molar-refractivity contribution < 1.29 is 0 Å². The third-order valence-corrected chi connectivity index (χ3v) is 4.80. The minimum Gasteiger partial charge on any atom is -0.348 e. The monoisotopic (exact) mass is 267 g/mol. The van der Waals surface area contributed by atoms with Gasteiger partial charge in [0.15, 0.2) is 5.13 Å². The minimum atomic E-state index is 0.787. The molecule has 1 atom stereocenters. The third-order valence-electron chi connectivity index (χ3n) is 3.67. The highest BCUT2D eigenvalue weighted by atomic mass is 32.1. The second-order valence-electron chi connectivity index (χ2n) is 5.30. The first-order chi connectivity index (χ1) is 8.70. The largest absolute Gasteiger partial charge is 0.348 e. The maximum Gasteiger partial charge on any atom is 0.185 e. The quantitative estimate of drug-likeness (QED) is 0.831. The Morgan fingerprint density at radius 2 is 2.28 bits per heavy atom. The van der Waals surface area contributed by atoms with Crippen LogP contribution in [-0.4, -0.2) is 31.2 Å². The highest BCUT2D eigenvalue weighted by Crippen LogP contribution is 2.28. The van der Waals surface area contributed by atoms with Gasteiger partial charge in [-0.1, -0.05) is 6.92 Å². The summed E-state index contributed by atoms with van der Waals surface area (Å²) in [5.41, 5.74) is 1.20. The molecule has 1 saturated heterocycles. The second-order valence-corrected chi connectivity index (χ2v) is 6.48. The van der Waals surface area contributed by atoms with E-state index in [9.17, 15) is 0 Å². The molecule has 102 valence electrons. The van der Waals surface area contributed by atoms with Gasteiger partial charge in [0.05, 0.1) is 5.69 Å². The molecule has 0 aliphatic carbocycles. The molecule has 2 heterocycles. The van der Waals surface area contributed by atoms with Gasteiger partial charge in [-0.3, -0.25) is 0 Å². The van der Waals surface area contributed by atoms with E-state index in [4.69, 9.17) is 0 Å². The van der Waals surface area contributed by atoms with Crippen LogP contribution >= 0.6 is 11.3 Å².